The van der Waals surface area contributed by atoms with Crippen molar-refractivity contribution in [3.63, 3.8) is 0 Å². The molecule has 0 aliphatic carbocycles. The number of aromatic nitrogens is 3. The van der Waals surface area contributed by atoms with Gasteiger partial charge in [0.05, 0.1) is 0 Å². The molecule has 0 fully saturated rings. The second kappa shape index (κ2) is 5.90. The van der Waals surface area contributed by atoms with Crippen molar-refractivity contribution in [2.24, 2.45) is 0 Å². The second-order valence-electron chi connectivity index (χ2n) is 4.04. The Labute approximate surface area is 111 Å². The van der Waals surface area contributed by atoms with Crippen LogP contribution in [-0.2, 0) is 6.54 Å². The first-order chi connectivity index (χ1) is 9.19. The summed E-state index contributed by atoms with van der Waals surface area (Å²) in [6, 6.07) is 7.31. The third-order valence-corrected chi connectivity index (χ3v) is 2.57. The smallest absolute Gasteiger partial charge is 0.271 e. The predicted octanol–water partition coefficient (Wildman–Crippen LogP) is 1.15. The van der Waals surface area contributed by atoms with E-state index in [1.807, 2.05) is 25.3 Å². The SMILES string of the molecule is CNC(=O)c1ccc(NCc2ccc(C)nc2)nn1. The Hall–Kier alpha value is -2.50. The molecule has 2 rings (SSSR count). The van der Waals surface area contributed by atoms with E-state index in [1.165, 1.54) is 0 Å². The largest absolute Gasteiger partial charge is 0.364 e. The van der Waals surface area contributed by atoms with Crippen LogP contribution in [0.2, 0.25) is 0 Å². The number of nitrogens with one attached hydrogen (secondary N) is 2. The van der Waals surface area contributed by atoms with Crippen molar-refractivity contribution < 1.29 is 4.79 Å². The fraction of sp³-hybridized carbons (Fsp3) is 0.231. The van der Waals surface area contributed by atoms with Gasteiger partial charge in [-0.3, -0.25) is 9.78 Å². The van der Waals surface area contributed by atoms with Gasteiger partial charge in [-0.2, -0.15) is 0 Å². The van der Waals surface area contributed by atoms with E-state index in [0.717, 1.165) is 11.3 Å². The van der Waals surface area contributed by atoms with Gasteiger partial charge in [-0.15, -0.1) is 10.2 Å². The first kappa shape index (κ1) is 12.9. The summed E-state index contributed by atoms with van der Waals surface area (Å²) in [5, 5.41) is 13.4. The van der Waals surface area contributed by atoms with Crippen LogP contribution in [-0.4, -0.2) is 28.1 Å². The van der Waals surface area contributed by atoms with Gasteiger partial charge in [0.1, 0.15) is 5.82 Å². The van der Waals surface area contributed by atoms with Gasteiger partial charge in [-0.25, -0.2) is 0 Å². The Morgan fingerprint density at radius 1 is 1.21 bits per heavy atom. The lowest BCUT2D eigenvalue weighted by atomic mass is 10.2. The fourth-order valence-electron chi connectivity index (χ4n) is 1.47. The number of rotatable bonds is 4. The van der Waals surface area contributed by atoms with Crippen LogP contribution in [0.4, 0.5) is 5.82 Å². The highest BCUT2D eigenvalue weighted by Crippen LogP contribution is 2.05. The molecular formula is C13H15N5O. The highest BCUT2D eigenvalue weighted by Gasteiger charge is 2.05. The first-order valence-electron chi connectivity index (χ1n) is 5.90. The molecule has 0 aliphatic heterocycles. The van der Waals surface area contributed by atoms with Gasteiger partial charge in [0.15, 0.2) is 5.69 Å². The molecule has 6 heteroatoms. The van der Waals surface area contributed by atoms with Crippen molar-refractivity contribution in [2.75, 3.05) is 12.4 Å². The first-order valence-corrected chi connectivity index (χ1v) is 5.90. The zero-order chi connectivity index (χ0) is 13.7. The highest BCUT2D eigenvalue weighted by molar-refractivity contribution is 5.91. The van der Waals surface area contributed by atoms with Crippen LogP contribution in [0.1, 0.15) is 21.7 Å². The van der Waals surface area contributed by atoms with Crippen LogP contribution < -0.4 is 10.6 Å². The number of nitrogens with zero attached hydrogens (tertiary/aromatic N) is 3. The Balaban J connectivity index is 1.96. The van der Waals surface area contributed by atoms with E-state index in [0.29, 0.717) is 18.1 Å². The van der Waals surface area contributed by atoms with Gasteiger partial charge in [-0.1, -0.05) is 6.07 Å². The minimum absolute atomic E-state index is 0.248. The maximum Gasteiger partial charge on any atom is 0.271 e. The third kappa shape index (κ3) is 3.48. The van der Waals surface area contributed by atoms with E-state index >= 15 is 0 Å². The lowest BCUT2D eigenvalue weighted by molar-refractivity contribution is 0.0957. The number of pyridine rings is 1. The molecule has 1 amide bonds. The summed E-state index contributed by atoms with van der Waals surface area (Å²) in [6.07, 6.45) is 1.81. The van der Waals surface area contributed by atoms with Crippen molar-refractivity contribution >= 4 is 11.7 Å². The summed E-state index contributed by atoms with van der Waals surface area (Å²) >= 11 is 0. The monoisotopic (exact) mass is 257 g/mol. The minimum Gasteiger partial charge on any atom is -0.364 e. The van der Waals surface area contributed by atoms with E-state index in [2.05, 4.69) is 25.8 Å². The van der Waals surface area contributed by atoms with Crippen molar-refractivity contribution in [3.05, 3.63) is 47.4 Å². The average molecular weight is 257 g/mol. The number of aryl methyl sites for hydroxylation is 1. The Kier molecular flexibility index (Phi) is 4.02. The maximum absolute atomic E-state index is 11.3. The van der Waals surface area contributed by atoms with Crippen molar-refractivity contribution in [2.45, 2.75) is 13.5 Å². The molecule has 0 unspecified atom stereocenters. The Bertz CT molecular complexity index is 550. The molecule has 0 saturated carbocycles. The lowest BCUT2D eigenvalue weighted by Gasteiger charge is -2.05. The van der Waals surface area contributed by atoms with Crippen molar-refractivity contribution in [1.82, 2.24) is 20.5 Å². The van der Waals surface area contributed by atoms with Gasteiger partial charge in [0, 0.05) is 25.5 Å². The quantitative estimate of drug-likeness (QED) is 0.859. The van der Waals surface area contributed by atoms with Crippen LogP contribution in [0.25, 0.3) is 0 Å². The molecule has 0 radical (unpaired) electrons. The van der Waals surface area contributed by atoms with Gasteiger partial charge < -0.3 is 10.6 Å². The molecule has 19 heavy (non-hydrogen) atoms. The molecular weight excluding hydrogens is 242 g/mol. The van der Waals surface area contributed by atoms with Crippen LogP contribution in [0.5, 0.6) is 0 Å². The zero-order valence-electron chi connectivity index (χ0n) is 10.8. The van der Waals surface area contributed by atoms with Crippen molar-refractivity contribution in [3.8, 4) is 0 Å². The number of carbonyl (C=O) groups is 1. The van der Waals surface area contributed by atoms with E-state index in [9.17, 15) is 4.79 Å². The summed E-state index contributed by atoms with van der Waals surface area (Å²) in [5.74, 6) is 0.370. The van der Waals surface area contributed by atoms with Gasteiger partial charge in [0.25, 0.3) is 5.91 Å². The average Bonchev–Trinajstić information content (AvgIpc) is 2.46. The summed E-state index contributed by atoms with van der Waals surface area (Å²) in [5.41, 5.74) is 2.34. The number of hydrogen-bond donors (Lipinski definition) is 2. The molecule has 2 N–H and O–H groups in total. The molecule has 0 bridgehead atoms. The van der Waals surface area contributed by atoms with E-state index in [1.54, 1.807) is 19.2 Å². The summed E-state index contributed by atoms with van der Waals surface area (Å²) < 4.78 is 0. The van der Waals surface area contributed by atoms with Gasteiger partial charge >= 0.3 is 0 Å². The number of hydrogen-bond acceptors (Lipinski definition) is 5. The zero-order valence-corrected chi connectivity index (χ0v) is 10.8. The molecule has 0 aliphatic rings. The topological polar surface area (TPSA) is 79.8 Å². The standard InChI is InChI=1S/C13H15N5O/c1-9-3-4-10(7-15-9)8-16-12-6-5-11(17-18-12)13(19)14-2/h3-7H,8H2,1-2H3,(H,14,19)(H,16,18). The summed E-state index contributed by atoms with van der Waals surface area (Å²) in [7, 11) is 1.56. The summed E-state index contributed by atoms with van der Waals surface area (Å²) in [4.78, 5) is 15.5. The Morgan fingerprint density at radius 3 is 2.63 bits per heavy atom. The van der Waals surface area contributed by atoms with E-state index < -0.39 is 0 Å². The number of anilines is 1. The molecule has 0 aromatic carbocycles. The molecule has 0 atom stereocenters. The molecule has 2 aromatic rings. The van der Waals surface area contributed by atoms with Crippen molar-refractivity contribution in [1.29, 1.82) is 0 Å². The number of carbonyl (C=O) groups excluding carboxylic acids is 1. The molecule has 2 aromatic heterocycles. The highest BCUT2D eigenvalue weighted by atomic mass is 16.1. The van der Waals surface area contributed by atoms with Gasteiger partial charge in [0.2, 0.25) is 0 Å². The van der Waals surface area contributed by atoms with E-state index in [-0.39, 0.29) is 5.91 Å². The summed E-state index contributed by atoms with van der Waals surface area (Å²) in [6.45, 7) is 2.56. The molecule has 0 saturated heterocycles. The van der Waals surface area contributed by atoms with E-state index in [4.69, 9.17) is 0 Å². The predicted molar refractivity (Wildman–Crippen MR) is 71.7 cm³/mol. The fourth-order valence-corrected chi connectivity index (χ4v) is 1.47. The Morgan fingerprint density at radius 2 is 2.05 bits per heavy atom. The van der Waals surface area contributed by atoms with Crippen LogP contribution in [0, 0.1) is 6.92 Å². The lowest BCUT2D eigenvalue weighted by Crippen LogP contribution is -2.19. The van der Waals surface area contributed by atoms with Crippen LogP contribution in [0.3, 0.4) is 0 Å². The second-order valence-corrected chi connectivity index (χ2v) is 4.04. The molecule has 0 spiro atoms. The minimum atomic E-state index is -0.248. The third-order valence-electron chi connectivity index (χ3n) is 2.57. The molecule has 98 valence electrons. The van der Waals surface area contributed by atoms with Gasteiger partial charge in [-0.05, 0) is 30.7 Å². The molecule has 6 nitrogen and oxygen atoms in total. The molecule has 2 heterocycles. The van der Waals surface area contributed by atoms with Crippen LogP contribution >= 0.6 is 0 Å². The maximum atomic E-state index is 11.3. The normalized spacial score (nSPS) is 10.0. The number of amides is 1. The van der Waals surface area contributed by atoms with Crippen LogP contribution in [0.15, 0.2) is 30.5 Å².